The van der Waals surface area contributed by atoms with Gasteiger partial charge < -0.3 is 10.2 Å². The van der Waals surface area contributed by atoms with Gasteiger partial charge in [-0.05, 0) is 47.9 Å². The lowest BCUT2D eigenvalue weighted by Gasteiger charge is -2.20. The number of pyridine rings is 1. The normalized spacial score (nSPS) is 17.7. The quantitative estimate of drug-likeness (QED) is 0.925. The zero-order valence-electron chi connectivity index (χ0n) is 10.2. The molecule has 0 amide bonds. The molecule has 0 aromatic carbocycles. The molecule has 1 aromatic rings. The minimum Gasteiger partial charge on any atom is -0.383 e. The maximum atomic E-state index is 4.06. The van der Waals surface area contributed by atoms with E-state index in [0.717, 1.165) is 23.2 Å². The molecule has 0 atom stereocenters. The van der Waals surface area contributed by atoms with E-state index in [0.29, 0.717) is 0 Å². The van der Waals surface area contributed by atoms with E-state index >= 15 is 0 Å². The number of likely N-dealkylation sites (tertiary alicyclic amines) is 1. The summed E-state index contributed by atoms with van der Waals surface area (Å²) in [6, 6.07) is 2.01. The average Bonchev–Trinajstić information content (AvgIpc) is 2.60. The third-order valence-electron chi connectivity index (χ3n) is 3.21. The molecule has 0 aliphatic carbocycles. The molecular formula is C13H20BrN3. The van der Waals surface area contributed by atoms with E-state index in [1.54, 1.807) is 0 Å². The van der Waals surface area contributed by atoms with Crippen LogP contribution in [0.15, 0.2) is 22.9 Å². The molecule has 0 unspecified atom stereocenters. The second kappa shape index (κ2) is 6.97. The van der Waals surface area contributed by atoms with Crippen molar-refractivity contribution in [3.63, 3.8) is 0 Å². The van der Waals surface area contributed by atoms with Crippen LogP contribution in [0.3, 0.4) is 0 Å². The molecule has 17 heavy (non-hydrogen) atoms. The minimum atomic E-state index is 1.00. The van der Waals surface area contributed by atoms with Crippen LogP contribution in [-0.2, 0) is 0 Å². The van der Waals surface area contributed by atoms with Crippen molar-refractivity contribution >= 4 is 21.6 Å². The molecule has 2 heterocycles. The SMILES string of the molecule is Brc1cnccc1NCCN1CCCCCC1. The molecule has 2 rings (SSSR count). The number of rotatable bonds is 4. The van der Waals surface area contributed by atoms with Crippen molar-refractivity contribution in [1.29, 1.82) is 0 Å². The number of hydrogen-bond donors (Lipinski definition) is 1. The molecule has 94 valence electrons. The van der Waals surface area contributed by atoms with Gasteiger partial charge in [0.2, 0.25) is 0 Å². The van der Waals surface area contributed by atoms with Gasteiger partial charge in [-0.25, -0.2) is 0 Å². The molecule has 1 N–H and O–H groups in total. The fourth-order valence-electron chi connectivity index (χ4n) is 2.23. The first-order valence-corrected chi connectivity index (χ1v) is 7.21. The van der Waals surface area contributed by atoms with Crippen LogP contribution in [-0.4, -0.2) is 36.1 Å². The highest BCUT2D eigenvalue weighted by molar-refractivity contribution is 9.10. The van der Waals surface area contributed by atoms with E-state index in [4.69, 9.17) is 0 Å². The Bertz CT molecular complexity index is 335. The van der Waals surface area contributed by atoms with Crippen molar-refractivity contribution in [2.45, 2.75) is 25.7 Å². The zero-order chi connectivity index (χ0) is 11.9. The fourth-order valence-corrected chi connectivity index (χ4v) is 2.62. The van der Waals surface area contributed by atoms with E-state index in [2.05, 4.69) is 31.1 Å². The maximum absolute atomic E-state index is 4.06. The first-order valence-electron chi connectivity index (χ1n) is 6.42. The Morgan fingerprint density at radius 3 is 2.71 bits per heavy atom. The molecule has 1 aromatic heterocycles. The molecule has 1 aliphatic heterocycles. The summed E-state index contributed by atoms with van der Waals surface area (Å²) in [6.45, 7) is 4.66. The van der Waals surface area contributed by atoms with Gasteiger partial charge in [-0.15, -0.1) is 0 Å². The molecule has 0 saturated carbocycles. The Kier molecular flexibility index (Phi) is 5.26. The number of anilines is 1. The fraction of sp³-hybridized carbons (Fsp3) is 0.615. The highest BCUT2D eigenvalue weighted by Crippen LogP contribution is 2.19. The number of hydrogen-bond acceptors (Lipinski definition) is 3. The second-order valence-corrected chi connectivity index (χ2v) is 5.39. The number of nitrogens with one attached hydrogen (secondary N) is 1. The molecule has 3 nitrogen and oxygen atoms in total. The van der Waals surface area contributed by atoms with Crippen LogP contribution < -0.4 is 5.32 Å². The average molecular weight is 298 g/mol. The van der Waals surface area contributed by atoms with Gasteiger partial charge in [0.15, 0.2) is 0 Å². The Labute approximate surface area is 112 Å². The van der Waals surface area contributed by atoms with Crippen LogP contribution in [0, 0.1) is 0 Å². The first-order chi connectivity index (χ1) is 8.36. The van der Waals surface area contributed by atoms with Crippen LogP contribution >= 0.6 is 15.9 Å². The van der Waals surface area contributed by atoms with Gasteiger partial charge in [-0.1, -0.05) is 12.8 Å². The van der Waals surface area contributed by atoms with Crippen molar-refractivity contribution in [2.75, 3.05) is 31.5 Å². The maximum Gasteiger partial charge on any atom is 0.0590 e. The van der Waals surface area contributed by atoms with Crippen LogP contribution in [0.5, 0.6) is 0 Å². The highest BCUT2D eigenvalue weighted by Gasteiger charge is 2.08. The summed E-state index contributed by atoms with van der Waals surface area (Å²) in [5.74, 6) is 0. The van der Waals surface area contributed by atoms with E-state index in [9.17, 15) is 0 Å². The van der Waals surface area contributed by atoms with E-state index in [1.165, 1.54) is 38.8 Å². The van der Waals surface area contributed by atoms with Gasteiger partial charge in [0, 0.05) is 25.5 Å². The molecular weight excluding hydrogens is 278 g/mol. The van der Waals surface area contributed by atoms with E-state index < -0.39 is 0 Å². The van der Waals surface area contributed by atoms with Crippen molar-refractivity contribution < 1.29 is 0 Å². The summed E-state index contributed by atoms with van der Waals surface area (Å²) < 4.78 is 1.04. The molecule has 1 saturated heterocycles. The van der Waals surface area contributed by atoms with E-state index in [-0.39, 0.29) is 0 Å². The lowest BCUT2D eigenvalue weighted by atomic mass is 10.2. The Morgan fingerprint density at radius 1 is 1.24 bits per heavy atom. The van der Waals surface area contributed by atoms with Crippen LogP contribution in [0.25, 0.3) is 0 Å². The van der Waals surface area contributed by atoms with Gasteiger partial charge in [0.25, 0.3) is 0 Å². The summed E-state index contributed by atoms with van der Waals surface area (Å²) in [6.07, 6.45) is 9.17. The van der Waals surface area contributed by atoms with Crippen molar-refractivity contribution in [1.82, 2.24) is 9.88 Å². The third-order valence-corrected chi connectivity index (χ3v) is 3.85. The van der Waals surface area contributed by atoms with Gasteiger partial charge in [-0.3, -0.25) is 4.98 Å². The summed E-state index contributed by atoms with van der Waals surface area (Å²) in [4.78, 5) is 6.62. The number of halogens is 1. The van der Waals surface area contributed by atoms with Crippen molar-refractivity contribution in [3.8, 4) is 0 Å². The summed E-state index contributed by atoms with van der Waals surface area (Å²) in [5.41, 5.74) is 1.13. The Morgan fingerprint density at radius 2 is 2.00 bits per heavy atom. The molecule has 0 bridgehead atoms. The van der Waals surface area contributed by atoms with Gasteiger partial charge in [0.1, 0.15) is 0 Å². The summed E-state index contributed by atoms with van der Waals surface area (Å²) in [7, 11) is 0. The monoisotopic (exact) mass is 297 g/mol. The lowest BCUT2D eigenvalue weighted by molar-refractivity contribution is 0.296. The van der Waals surface area contributed by atoms with Gasteiger partial charge in [0.05, 0.1) is 10.2 Å². The predicted molar refractivity (Wildman–Crippen MR) is 75.3 cm³/mol. The summed E-state index contributed by atoms with van der Waals surface area (Å²) in [5, 5.41) is 3.45. The zero-order valence-corrected chi connectivity index (χ0v) is 11.7. The second-order valence-electron chi connectivity index (χ2n) is 4.54. The van der Waals surface area contributed by atoms with Crippen molar-refractivity contribution in [3.05, 3.63) is 22.9 Å². The molecule has 1 fully saturated rings. The molecule has 0 spiro atoms. The Balaban J connectivity index is 1.73. The largest absolute Gasteiger partial charge is 0.383 e. The van der Waals surface area contributed by atoms with Crippen LogP contribution in [0.4, 0.5) is 5.69 Å². The molecule has 1 aliphatic rings. The van der Waals surface area contributed by atoms with E-state index in [1.807, 2.05) is 18.5 Å². The first kappa shape index (κ1) is 12.8. The topological polar surface area (TPSA) is 28.2 Å². The van der Waals surface area contributed by atoms with Gasteiger partial charge in [-0.2, -0.15) is 0 Å². The predicted octanol–water partition coefficient (Wildman–Crippen LogP) is 3.13. The molecule has 0 radical (unpaired) electrons. The third kappa shape index (κ3) is 4.28. The van der Waals surface area contributed by atoms with Crippen molar-refractivity contribution in [2.24, 2.45) is 0 Å². The number of nitrogens with zero attached hydrogens (tertiary/aromatic N) is 2. The summed E-state index contributed by atoms with van der Waals surface area (Å²) >= 11 is 3.50. The van der Waals surface area contributed by atoms with Gasteiger partial charge >= 0.3 is 0 Å². The lowest BCUT2D eigenvalue weighted by Crippen LogP contribution is -2.30. The molecule has 4 heteroatoms. The number of aromatic nitrogens is 1. The van der Waals surface area contributed by atoms with Crippen LogP contribution in [0.1, 0.15) is 25.7 Å². The minimum absolute atomic E-state index is 1.00. The Hall–Kier alpha value is -0.610. The smallest absolute Gasteiger partial charge is 0.0590 e. The van der Waals surface area contributed by atoms with Crippen LogP contribution in [0.2, 0.25) is 0 Å². The standard InChI is InChI=1S/C13H20BrN3/c14-12-11-15-6-5-13(12)16-7-10-17-8-3-1-2-4-9-17/h5-6,11H,1-4,7-10H2,(H,15,16). The highest BCUT2D eigenvalue weighted by atomic mass is 79.9.